The Morgan fingerprint density at radius 1 is 0.950 bits per heavy atom. The first kappa shape index (κ1) is 14.9. The van der Waals surface area contributed by atoms with E-state index in [1.54, 1.807) is 12.1 Å². The Labute approximate surface area is 124 Å². The van der Waals surface area contributed by atoms with E-state index in [9.17, 15) is 4.39 Å². The molecule has 0 fully saturated rings. The molecule has 0 amide bonds. The second-order valence-corrected chi connectivity index (χ2v) is 6.60. The van der Waals surface area contributed by atoms with E-state index in [0.717, 1.165) is 17.0 Å². The largest absolute Gasteiger partial charge is 0.381 e. The third kappa shape index (κ3) is 4.89. The number of benzene rings is 2. The van der Waals surface area contributed by atoms with Crippen molar-refractivity contribution in [2.24, 2.45) is 0 Å². The molecule has 0 aliphatic rings. The van der Waals surface area contributed by atoms with Crippen LogP contribution < -0.4 is 5.32 Å². The zero-order valence-electron chi connectivity index (χ0n) is 11.9. The summed E-state index contributed by atoms with van der Waals surface area (Å²) in [7, 11) is 0. The van der Waals surface area contributed by atoms with Gasteiger partial charge in [-0.1, -0.05) is 38.1 Å². The molecule has 106 valence electrons. The molecule has 2 aromatic rings. The maximum Gasteiger partial charge on any atom is 0.123 e. The average Bonchev–Trinajstić information content (AvgIpc) is 2.45. The van der Waals surface area contributed by atoms with Gasteiger partial charge in [-0.15, -0.1) is 0 Å². The average molecular weight is 289 g/mol. The zero-order valence-corrected chi connectivity index (χ0v) is 12.7. The first-order valence-corrected chi connectivity index (χ1v) is 7.87. The van der Waals surface area contributed by atoms with Crippen LogP contribution in [-0.4, -0.2) is 5.25 Å². The van der Waals surface area contributed by atoms with Crippen molar-refractivity contribution in [3.8, 4) is 0 Å². The maximum atomic E-state index is 12.8. The molecule has 3 heteroatoms. The fourth-order valence-corrected chi connectivity index (χ4v) is 2.51. The number of anilines is 1. The van der Waals surface area contributed by atoms with Gasteiger partial charge in [0.2, 0.25) is 0 Å². The normalized spacial score (nSPS) is 10.8. The molecule has 0 atom stereocenters. The van der Waals surface area contributed by atoms with E-state index in [4.69, 9.17) is 0 Å². The van der Waals surface area contributed by atoms with Gasteiger partial charge in [-0.3, -0.25) is 0 Å². The van der Waals surface area contributed by atoms with E-state index in [2.05, 4.69) is 43.4 Å². The van der Waals surface area contributed by atoms with Gasteiger partial charge >= 0.3 is 0 Å². The van der Waals surface area contributed by atoms with Gasteiger partial charge in [-0.05, 0) is 40.6 Å². The van der Waals surface area contributed by atoms with Crippen molar-refractivity contribution in [1.29, 1.82) is 0 Å². The highest BCUT2D eigenvalue weighted by Crippen LogP contribution is 2.19. The fourth-order valence-electron chi connectivity index (χ4n) is 1.79. The highest BCUT2D eigenvalue weighted by atomic mass is 32.2. The molecule has 1 N–H and O–H groups in total. The summed E-state index contributed by atoms with van der Waals surface area (Å²) >= 11 is 1.95. The molecule has 1 nitrogen and oxygen atoms in total. The van der Waals surface area contributed by atoms with Crippen molar-refractivity contribution in [1.82, 2.24) is 0 Å². The van der Waals surface area contributed by atoms with E-state index in [1.165, 1.54) is 17.7 Å². The number of nitrogens with one attached hydrogen (secondary N) is 1. The molecular weight excluding hydrogens is 269 g/mol. The lowest BCUT2D eigenvalue weighted by molar-refractivity contribution is 0.627. The van der Waals surface area contributed by atoms with Crippen LogP contribution in [0, 0.1) is 5.82 Å². The van der Waals surface area contributed by atoms with Gasteiger partial charge in [0, 0.05) is 18.0 Å². The lowest BCUT2D eigenvalue weighted by Crippen LogP contribution is -1.99. The van der Waals surface area contributed by atoms with Crippen LogP contribution in [0.15, 0.2) is 48.5 Å². The lowest BCUT2D eigenvalue weighted by Gasteiger charge is -2.08. The molecule has 0 unspecified atom stereocenters. The molecular formula is C17H20FNS. The third-order valence-corrected chi connectivity index (χ3v) is 4.11. The third-order valence-electron chi connectivity index (χ3n) is 2.95. The van der Waals surface area contributed by atoms with Gasteiger partial charge < -0.3 is 5.32 Å². The summed E-state index contributed by atoms with van der Waals surface area (Å²) in [4.78, 5) is 0. The molecule has 0 heterocycles. The van der Waals surface area contributed by atoms with Crippen LogP contribution in [0.4, 0.5) is 10.1 Å². The Hall–Kier alpha value is -1.48. The van der Waals surface area contributed by atoms with Crippen molar-refractivity contribution in [2.75, 3.05) is 5.32 Å². The van der Waals surface area contributed by atoms with Crippen molar-refractivity contribution in [3.63, 3.8) is 0 Å². The Morgan fingerprint density at radius 2 is 1.55 bits per heavy atom. The number of hydrogen-bond donors (Lipinski definition) is 1. The standard InChI is InChI=1S/C17H20FNS/c1-13(2)20-12-15-5-9-17(10-6-15)19-11-14-3-7-16(18)8-4-14/h3-10,13,19H,11-12H2,1-2H3. The highest BCUT2D eigenvalue weighted by molar-refractivity contribution is 7.99. The first-order valence-electron chi connectivity index (χ1n) is 6.82. The molecule has 2 aromatic carbocycles. The molecule has 0 bridgehead atoms. The van der Waals surface area contributed by atoms with Gasteiger partial charge in [0.25, 0.3) is 0 Å². The topological polar surface area (TPSA) is 12.0 Å². The van der Waals surface area contributed by atoms with Crippen LogP contribution in [0.25, 0.3) is 0 Å². The predicted molar refractivity (Wildman–Crippen MR) is 86.6 cm³/mol. The summed E-state index contributed by atoms with van der Waals surface area (Å²) in [6, 6.07) is 15.1. The number of thioether (sulfide) groups is 1. The summed E-state index contributed by atoms with van der Waals surface area (Å²) in [5.74, 6) is 0.858. The minimum atomic E-state index is -0.194. The Kier molecular flexibility index (Phi) is 5.48. The minimum Gasteiger partial charge on any atom is -0.381 e. The molecule has 0 aliphatic heterocycles. The van der Waals surface area contributed by atoms with E-state index in [1.807, 2.05) is 11.8 Å². The number of halogens is 1. The molecule has 0 saturated heterocycles. The molecule has 2 rings (SSSR count). The second-order valence-electron chi connectivity index (χ2n) is 5.04. The van der Waals surface area contributed by atoms with E-state index < -0.39 is 0 Å². The quantitative estimate of drug-likeness (QED) is 0.796. The maximum absolute atomic E-state index is 12.8. The number of hydrogen-bond acceptors (Lipinski definition) is 2. The van der Waals surface area contributed by atoms with Crippen molar-refractivity contribution >= 4 is 17.4 Å². The van der Waals surface area contributed by atoms with Crippen LogP contribution in [0.2, 0.25) is 0 Å². The summed E-state index contributed by atoms with van der Waals surface area (Å²) in [6.45, 7) is 5.13. The Bertz CT molecular complexity index is 520. The van der Waals surface area contributed by atoms with E-state index in [0.29, 0.717) is 11.8 Å². The molecule has 0 radical (unpaired) electrons. The Balaban J connectivity index is 1.85. The van der Waals surface area contributed by atoms with E-state index >= 15 is 0 Å². The number of rotatable bonds is 6. The first-order chi connectivity index (χ1) is 9.63. The van der Waals surface area contributed by atoms with Gasteiger partial charge in [0.05, 0.1) is 0 Å². The monoisotopic (exact) mass is 289 g/mol. The summed E-state index contributed by atoms with van der Waals surface area (Å²) < 4.78 is 12.8. The zero-order chi connectivity index (χ0) is 14.4. The van der Waals surface area contributed by atoms with Crippen LogP contribution in [0.3, 0.4) is 0 Å². The smallest absolute Gasteiger partial charge is 0.123 e. The van der Waals surface area contributed by atoms with Crippen LogP contribution in [0.1, 0.15) is 25.0 Å². The van der Waals surface area contributed by atoms with E-state index in [-0.39, 0.29) is 5.82 Å². The molecule has 0 aliphatic carbocycles. The van der Waals surface area contributed by atoms with Crippen molar-refractivity contribution < 1.29 is 4.39 Å². The molecule has 20 heavy (non-hydrogen) atoms. The van der Waals surface area contributed by atoms with Gasteiger partial charge in [-0.2, -0.15) is 11.8 Å². The lowest BCUT2D eigenvalue weighted by atomic mass is 10.2. The fraction of sp³-hybridized carbons (Fsp3) is 0.294. The molecule has 0 saturated carbocycles. The second kappa shape index (κ2) is 7.34. The van der Waals surface area contributed by atoms with Crippen LogP contribution in [-0.2, 0) is 12.3 Å². The van der Waals surface area contributed by atoms with Crippen molar-refractivity contribution in [3.05, 3.63) is 65.5 Å². The van der Waals surface area contributed by atoms with Crippen LogP contribution >= 0.6 is 11.8 Å². The minimum absolute atomic E-state index is 0.194. The summed E-state index contributed by atoms with van der Waals surface area (Å²) in [5.41, 5.74) is 3.51. The Morgan fingerprint density at radius 3 is 2.15 bits per heavy atom. The summed E-state index contributed by atoms with van der Waals surface area (Å²) in [6.07, 6.45) is 0. The van der Waals surface area contributed by atoms with Crippen molar-refractivity contribution in [2.45, 2.75) is 31.4 Å². The van der Waals surface area contributed by atoms with Gasteiger partial charge in [0.1, 0.15) is 5.82 Å². The summed E-state index contributed by atoms with van der Waals surface area (Å²) in [5, 5.41) is 4.00. The van der Waals surface area contributed by atoms with Gasteiger partial charge in [0.15, 0.2) is 0 Å². The highest BCUT2D eigenvalue weighted by Gasteiger charge is 1.98. The molecule has 0 aromatic heterocycles. The van der Waals surface area contributed by atoms with Gasteiger partial charge in [-0.25, -0.2) is 4.39 Å². The predicted octanol–water partition coefficient (Wildman–Crippen LogP) is 5.08. The molecule has 0 spiro atoms. The van der Waals surface area contributed by atoms with Crippen LogP contribution in [0.5, 0.6) is 0 Å². The SMILES string of the molecule is CC(C)SCc1ccc(NCc2ccc(F)cc2)cc1.